The molecule has 0 aliphatic rings. The third kappa shape index (κ3) is 4.41. The summed E-state index contributed by atoms with van der Waals surface area (Å²) >= 11 is 5.93. The van der Waals surface area contributed by atoms with E-state index in [9.17, 15) is 9.59 Å². The van der Waals surface area contributed by atoms with Crippen LogP contribution in [0.5, 0.6) is 0 Å². The summed E-state index contributed by atoms with van der Waals surface area (Å²) in [5.41, 5.74) is 1.53. The van der Waals surface area contributed by atoms with Gasteiger partial charge in [0.05, 0.1) is 0 Å². The zero-order valence-corrected chi connectivity index (χ0v) is 11.8. The molecule has 0 heterocycles. The van der Waals surface area contributed by atoms with Gasteiger partial charge in [-0.05, 0) is 24.6 Å². The molecule has 5 heteroatoms. The highest BCUT2D eigenvalue weighted by Gasteiger charge is 2.17. The number of benzene rings is 1. The molecule has 102 valence electrons. The fourth-order valence-electron chi connectivity index (χ4n) is 1.62. The predicted octanol–water partition coefficient (Wildman–Crippen LogP) is 2.30. The van der Waals surface area contributed by atoms with E-state index in [0.29, 0.717) is 17.3 Å². The second kappa shape index (κ2) is 6.95. The van der Waals surface area contributed by atoms with Crippen LogP contribution in [0.1, 0.15) is 12.5 Å². The third-order valence-corrected chi connectivity index (χ3v) is 2.82. The number of carbonyl (C=O) groups is 2. The van der Waals surface area contributed by atoms with Crippen molar-refractivity contribution in [3.63, 3.8) is 0 Å². The maximum absolute atomic E-state index is 11.7. The van der Waals surface area contributed by atoms with E-state index in [-0.39, 0.29) is 18.4 Å². The van der Waals surface area contributed by atoms with E-state index in [0.717, 1.165) is 5.56 Å². The Morgan fingerprint density at radius 3 is 2.74 bits per heavy atom. The average Bonchev–Trinajstić information content (AvgIpc) is 2.36. The Balaban J connectivity index is 2.94. The van der Waals surface area contributed by atoms with Gasteiger partial charge in [-0.15, -0.1) is 6.58 Å². The molecule has 4 nitrogen and oxygen atoms in total. The average molecular weight is 281 g/mol. The van der Waals surface area contributed by atoms with Crippen LogP contribution >= 0.6 is 11.6 Å². The molecule has 1 aromatic carbocycles. The van der Waals surface area contributed by atoms with E-state index < -0.39 is 0 Å². The molecule has 1 rings (SSSR count). The number of anilines is 1. The van der Waals surface area contributed by atoms with Crippen LogP contribution in [0, 0.1) is 6.92 Å². The van der Waals surface area contributed by atoms with Crippen molar-refractivity contribution in [1.29, 1.82) is 0 Å². The van der Waals surface area contributed by atoms with Gasteiger partial charge in [-0.1, -0.05) is 23.7 Å². The van der Waals surface area contributed by atoms with Crippen molar-refractivity contribution in [3.05, 3.63) is 41.4 Å². The van der Waals surface area contributed by atoms with Crippen LogP contribution in [0.15, 0.2) is 30.9 Å². The zero-order chi connectivity index (χ0) is 14.4. The van der Waals surface area contributed by atoms with Crippen LogP contribution in [-0.4, -0.2) is 24.9 Å². The zero-order valence-electron chi connectivity index (χ0n) is 11.1. The third-order valence-electron chi connectivity index (χ3n) is 2.59. The summed E-state index contributed by atoms with van der Waals surface area (Å²) < 4.78 is 0. The van der Waals surface area contributed by atoms with Gasteiger partial charge in [0.2, 0.25) is 11.8 Å². The molecule has 0 aromatic heterocycles. The lowest BCUT2D eigenvalue weighted by molar-refractivity contribution is -0.122. The highest BCUT2D eigenvalue weighted by Crippen LogP contribution is 2.24. The monoisotopic (exact) mass is 280 g/mol. The van der Waals surface area contributed by atoms with Crippen LogP contribution in [0.2, 0.25) is 5.02 Å². The maximum Gasteiger partial charge on any atom is 0.240 e. The molecular formula is C14H17ClN2O2. The SMILES string of the molecule is C=CCNC(=O)CN(C(C)=O)c1cc(Cl)ccc1C. The van der Waals surface area contributed by atoms with Gasteiger partial charge in [0.1, 0.15) is 6.54 Å². The van der Waals surface area contributed by atoms with Crippen molar-refractivity contribution < 1.29 is 9.59 Å². The molecule has 19 heavy (non-hydrogen) atoms. The molecule has 0 spiro atoms. The first kappa shape index (κ1) is 15.2. The van der Waals surface area contributed by atoms with Gasteiger partial charge >= 0.3 is 0 Å². The molecule has 0 unspecified atom stereocenters. The Morgan fingerprint density at radius 1 is 1.47 bits per heavy atom. The molecule has 0 saturated carbocycles. The first-order valence-corrected chi connectivity index (χ1v) is 6.25. The standard InChI is InChI=1S/C14H17ClN2O2/c1-4-7-16-14(19)9-17(11(3)18)13-8-12(15)6-5-10(13)2/h4-6,8H,1,7,9H2,2-3H3,(H,16,19). The van der Waals surface area contributed by atoms with Gasteiger partial charge in [-0.2, -0.15) is 0 Å². The number of rotatable bonds is 5. The van der Waals surface area contributed by atoms with Crippen molar-refractivity contribution in [1.82, 2.24) is 5.32 Å². The van der Waals surface area contributed by atoms with Crippen molar-refractivity contribution >= 4 is 29.1 Å². The summed E-state index contributed by atoms with van der Waals surface area (Å²) in [5.74, 6) is -0.450. The number of hydrogen-bond acceptors (Lipinski definition) is 2. The van der Waals surface area contributed by atoms with Gasteiger partial charge in [-0.3, -0.25) is 9.59 Å². The summed E-state index contributed by atoms with van der Waals surface area (Å²) in [7, 11) is 0. The van der Waals surface area contributed by atoms with Crippen LogP contribution in [-0.2, 0) is 9.59 Å². The molecular weight excluding hydrogens is 264 g/mol. The normalized spacial score (nSPS) is 9.84. The number of nitrogens with one attached hydrogen (secondary N) is 1. The molecule has 0 aliphatic carbocycles. The number of hydrogen-bond donors (Lipinski definition) is 1. The first-order chi connectivity index (χ1) is 8.95. The second-order valence-corrected chi connectivity index (χ2v) is 4.57. The summed E-state index contributed by atoms with van der Waals surface area (Å²) in [6, 6.07) is 5.24. The smallest absolute Gasteiger partial charge is 0.240 e. The lowest BCUT2D eigenvalue weighted by Crippen LogP contribution is -2.40. The second-order valence-electron chi connectivity index (χ2n) is 4.13. The van der Waals surface area contributed by atoms with E-state index in [1.807, 2.05) is 13.0 Å². The Morgan fingerprint density at radius 2 is 2.16 bits per heavy atom. The van der Waals surface area contributed by atoms with Crippen LogP contribution in [0.4, 0.5) is 5.69 Å². The van der Waals surface area contributed by atoms with Crippen molar-refractivity contribution in [2.24, 2.45) is 0 Å². The van der Waals surface area contributed by atoms with Crippen LogP contribution < -0.4 is 10.2 Å². The molecule has 1 aromatic rings. The minimum atomic E-state index is -0.241. The maximum atomic E-state index is 11.7. The molecule has 2 amide bonds. The van der Waals surface area contributed by atoms with Crippen molar-refractivity contribution in [2.75, 3.05) is 18.0 Å². The topological polar surface area (TPSA) is 49.4 Å². The Labute approximate surface area is 118 Å². The first-order valence-electron chi connectivity index (χ1n) is 5.87. The van der Waals surface area contributed by atoms with Gasteiger partial charge in [0.25, 0.3) is 0 Å². The quantitative estimate of drug-likeness (QED) is 0.842. The van der Waals surface area contributed by atoms with E-state index in [2.05, 4.69) is 11.9 Å². The summed E-state index contributed by atoms with van der Waals surface area (Å²) in [6.45, 7) is 7.14. The fourth-order valence-corrected chi connectivity index (χ4v) is 1.79. The number of halogens is 1. The molecule has 0 bridgehead atoms. The largest absolute Gasteiger partial charge is 0.351 e. The number of nitrogens with zero attached hydrogens (tertiary/aromatic N) is 1. The van der Waals surface area contributed by atoms with E-state index in [4.69, 9.17) is 11.6 Å². The summed E-state index contributed by atoms with van der Waals surface area (Å²) in [4.78, 5) is 24.8. The lowest BCUT2D eigenvalue weighted by atomic mass is 10.1. The van der Waals surface area contributed by atoms with Gasteiger partial charge < -0.3 is 10.2 Å². The van der Waals surface area contributed by atoms with E-state index in [1.54, 1.807) is 18.2 Å². The van der Waals surface area contributed by atoms with E-state index in [1.165, 1.54) is 11.8 Å². The van der Waals surface area contributed by atoms with Gasteiger partial charge in [-0.25, -0.2) is 0 Å². The lowest BCUT2D eigenvalue weighted by Gasteiger charge is -2.22. The molecule has 0 atom stereocenters. The minimum Gasteiger partial charge on any atom is -0.351 e. The number of amides is 2. The van der Waals surface area contributed by atoms with Crippen molar-refractivity contribution in [2.45, 2.75) is 13.8 Å². The highest BCUT2D eigenvalue weighted by molar-refractivity contribution is 6.31. The summed E-state index contributed by atoms with van der Waals surface area (Å²) in [6.07, 6.45) is 1.58. The number of aryl methyl sites for hydroxylation is 1. The molecule has 0 radical (unpaired) electrons. The highest BCUT2D eigenvalue weighted by atomic mass is 35.5. The number of carbonyl (C=O) groups excluding carboxylic acids is 2. The fraction of sp³-hybridized carbons (Fsp3) is 0.286. The predicted molar refractivity (Wildman–Crippen MR) is 77.4 cm³/mol. The van der Waals surface area contributed by atoms with E-state index >= 15 is 0 Å². The minimum absolute atomic E-state index is 0.0373. The van der Waals surface area contributed by atoms with Crippen molar-refractivity contribution in [3.8, 4) is 0 Å². The Bertz CT molecular complexity index is 500. The molecule has 0 aliphatic heterocycles. The molecule has 0 fully saturated rings. The Kier molecular flexibility index (Phi) is 5.57. The molecule has 1 N–H and O–H groups in total. The summed E-state index contributed by atoms with van der Waals surface area (Å²) in [5, 5.41) is 3.16. The molecule has 0 saturated heterocycles. The van der Waals surface area contributed by atoms with Gasteiger partial charge in [0, 0.05) is 24.2 Å². The Hall–Kier alpha value is -1.81. The van der Waals surface area contributed by atoms with Crippen LogP contribution in [0.3, 0.4) is 0 Å². The van der Waals surface area contributed by atoms with Gasteiger partial charge in [0.15, 0.2) is 0 Å². The van der Waals surface area contributed by atoms with Crippen LogP contribution in [0.25, 0.3) is 0 Å².